The number of hydrogen-bond donors (Lipinski definition) is 1. The number of sulfonamides is 1. The molecule has 0 aromatic heterocycles. The zero-order valence-electron chi connectivity index (χ0n) is 17.8. The van der Waals surface area contributed by atoms with Crippen molar-refractivity contribution in [1.29, 1.82) is 0 Å². The molecule has 0 heterocycles. The molecule has 0 atom stereocenters. The highest BCUT2D eigenvalue weighted by molar-refractivity contribution is 7.89. The van der Waals surface area contributed by atoms with Gasteiger partial charge in [0.05, 0.1) is 7.11 Å². The molecular weight excluding hydrogens is 412 g/mol. The number of nitrogens with zero attached hydrogens (tertiary/aromatic N) is 1. The van der Waals surface area contributed by atoms with Gasteiger partial charge < -0.3 is 10.1 Å². The molecule has 0 unspecified atom stereocenters. The van der Waals surface area contributed by atoms with E-state index in [4.69, 9.17) is 4.74 Å². The molecule has 31 heavy (non-hydrogen) atoms. The van der Waals surface area contributed by atoms with Gasteiger partial charge in [-0.25, -0.2) is 8.42 Å². The molecule has 0 aliphatic heterocycles. The average molecular weight is 439 g/mol. The standard InChI is InChI=1S/C24H26N2O4S/c1-4-18-10-13-21(14-11-18)25-24(27)20-12-15-22(30-3)23(16-20)31(28,29)26(2)17-19-8-6-5-7-9-19/h5-16H,4,17H2,1-3H3,(H,25,27). The number of carbonyl (C=O) groups excluding carboxylic acids is 1. The Kier molecular flexibility index (Phi) is 7.09. The molecule has 0 spiro atoms. The van der Waals surface area contributed by atoms with Gasteiger partial charge in [-0.1, -0.05) is 49.4 Å². The van der Waals surface area contributed by atoms with E-state index in [-0.39, 0.29) is 22.8 Å². The number of amides is 1. The number of carbonyl (C=O) groups is 1. The molecule has 0 aliphatic carbocycles. The minimum atomic E-state index is -3.89. The zero-order valence-corrected chi connectivity index (χ0v) is 18.6. The van der Waals surface area contributed by atoms with Gasteiger partial charge in [-0.15, -0.1) is 0 Å². The Morgan fingerprint density at radius 3 is 2.26 bits per heavy atom. The Labute approximate surface area is 183 Å². The normalized spacial score (nSPS) is 11.4. The van der Waals surface area contributed by atoms with Crippen LogP contribution in [0.25, 0.3) is 0 Å². The quantitative estimate of drug-likeness (QED) is 0.568. The summed E-state index contributed by atoms with van der Waals surface area (Å²) < 4.78 is 33.0. The van der Waals surface area contributed by atoms with E-state index in [2.05, 4.69) is 12.2 Å². The molecule has 3 aromatic carbocycles. The van der Waals surface area contributed by atoms with E-state index < -0.39 is 15.9 Å². The number of ether oxygens (including phenoxy) is 1. The fraction of sp³-hybridized carbons (Fsp3) is 0.208. The summed E-state index contributed by atoms with van der Waals surface area (Å²) in [7, 11) is -0.982. The number of anilines is 1. The van der Waals surface area contributed by atoms with Gasteiger partial charge in [0.1, 0.15) is 10.6 Å². The largest absolute Gasteiger partial charge is 0.495 e. The lowest BCUT2D eigenvalue weighted by atomic mass is 10.1. The molecule has 1 amide bonds. The summed E-state index contributed by atoms with van der Waals surface area (Å²) in [5, 5.41) is 2.81. The first-order valence-electron chi connectivity index (χ1n) is 9.93. The molecule has 0 saturated carbocycles. The maximum atomic E-state index is 13.2. The van der Waals surface area contributed by atoms with Crippen LogP contribution in [-0.2, 0) is 23.0 Å². The van der Waals surface area contributed by atoms with E-state index in [1.807, 2.05) is 54.6 Å². The molecule has 7 heteroatoms. The third kappa shape index (κ3) is 5.31. The van der Waals surface area contributed by atoms with Gasteiger partial charge in [-0.05, 0) is 47.9 Å². The van der Waals surface area contributed by atoms with Crippen LogP contribution < -0.4 is 10.1 Å². The topological polar surface area (TPSA) is 75.7 Å². The maximum Gasteiger partial charge on any atom is 0.255 e. The molecular formula is C24H26N2O4S. The summed E-state index contributed by atoms with van der Waals surface area (Å²) >= 11 is 0. The van der Waals surface area contributed by atoms with Gasteiger partial charge in [0, 0.05) is 24.8 Å². The van der Waals surface area contributed by atoms with Crippen molar-refractivity contribution in [2.24, 2.45) is 0 Å². The fourth-order valence-corrected chi connectivity index (χ4v) is 4.48. The minimum absolute atomic E-state index is 0.0533. The Bertz CT molecular complexity index is 1140. The van der Waals surface area contributed by atoms with Gasteiger partial charge in [-0.3, -0.25) is 4.79 Å². The second-order valence-electron chi connectivity index (χ2n) is 7.12. The van der Waals surface area contributed by atoms with Crippen molar-refractivity contribution in [2.45, 2.75) is 24.8 Å². The number of methoxy groups -OCH3 is 1. The van der Waals surface area contributed by atoms with Crippen molar-refractivity contribution in [3.63, 3.8) is 0 Å². The van der Waals surface area contributed by atoms with E-state index in [0.29, 0.717) is 5.69 Å². The van der Waals surface area contributed by atoms with Gasteiger partial charge in [0.2, 0.25) is 10.0 Å². The Hall–Kier alpha value is -3.16. The number of aryl methyl sites for hydroxylation is 1. The number of rotatable bonds is 8. The molecule has 0 saturated heterocycles. The number of benzene rings is 3. The van der Waals surface area contributed by atoms with Gasteiger partial charge in [0.25, 0.3) is 5.91 Å². The summed E-state index contributed by atoms with van der Waals surface area (Å²) in [6, 6.07) is 21.2. The second kappa shape index (κ2) is 9.76. The molecule has 0 radical (unpaired) electrons. The van der Waals surface area contributed by atoms with Crippen LogP contribution in [0.1, 0.15) is 28.4 Å². The van der Waals surface area contributed by atoms with Crippen LogP contribution in [0.15, 0.2) is 77.7 Å². The smallest absolute Gasteiger partial charge is 0.255 e. The minimum Gasteiger partial charge on any atom is -0.495 e. The Morgan fingerprint density at radius 1 is 0.968 bits per heavy atom. The number of hydrogen-bond acceptors (Lipinski definition) is 4. The summed E-state index contributed by atoms with van der Waals surface area (Å²) in [6.07, 6.45) is 0.907. The third-order valence-electron chi connectivity index (χ3n) is 4.98. The van der Waals surface area contributed by atoms with Crippen molar-refractivity contribution in [3.8, 4) is 5.75 Å². The van der Waals surface area contributed by atoms with Gasteiger partial charge in [0.15, 0.2) is 0 Å². The van der Waals surface area contributed by atoms with Gasteiger partial charge in [-0.2, -0.15) is 4.31 Å². The van der Waals surface area contributed by atoms with Crippen LogP contribution in [0.2, 0.25) is 0 Å². The highest BCUT2D eigenvalue weighted by Crippen LogP contribution is 2.28. The first-order chi connectivity index (χ1) is 14.8. The Balaban J connectivity index is 1.87. The molecule has 0 fully saturated rings. The molecule has 6 nitrogen and oxygen atoms in total. The summed E-state index contributed by atoms with van der Waals surface area (Å²) in [4.78, 5) is 12.7. The first kappa shape index (κ1) is 22.5. The summed E-state index contributed by atoms with van der Waals surface area (Å²) in [5.41, 5.74) is 2.89. The monoisotopic (exact) mass is 438 g/mol. The molecule has 162 valence electrons. The Morgan fingerprint density at radius 2 is 1.65 bits per heavy atom. The molecule has 1 N–H and O–H groups in total. The van der Waals surface area contributed by atoms with Crippen molar-refractivity contribution in [2.75, 3.05) is 19.5 Å². The summed E-state index contributed by atoms with van der Waals surface area (Å²) in [5.74, 6) is -0.210. The van der Waals surface area contributed by atoms with Crippen molar-refractivity contribution < 1.29 is 17.9 Å². The van der Waals surface area contributed by atoms with Crippen LogP contribution in [0.5, 0.6) is 5.75 Å². The average Bonchev–Trinajstić information content (AvgIpc) is 2.79. The van der Waals surface area contributed by atoms with Crippen molar-refractivity contribution >= 4 is 21.6 Å². The van der Waals surface area contributed by atoms with E-state index in [9.17, 15) is 13.2 Å². The lowest BCUT2D eigenvalue weighted by Crippen LogP contribution is -2.27. The zero-order chi connectivity index (χ0) is 22.4. The van der Waals surface area contributed by atoms with Gasteiger partial charge >= 0.3 is 0 Å². The van der Waals surface area contributed by atoms with Crippen LogP contribution in [-0.4, -0.2) is 32.8 Å². The predicted molar refractivity (Wildman–Crippen MR) is 122 cm³/mol. The lowest BCUT2D eigenvalue weighted by molar-refractivity contribution is 0.102. The second-order valence-corrected chi connectivity index (χ2v) is 9.13. The van der Waals surface area contributed by atoms with E-state index in [0.717, 1.165) is 17.5 Å². The van der Waals surface area contributed by atoms with Crippen molar-refractivity contribution in [3.05, 3.63) is 89.5 Å². The summed E-state index contributed by atoms with van der Waals surface area (Å²) in [6.45, 7) is 2.26. The third-order valence-corrected chi connectivity index (χ3v) is 6.81. The SMILES string of the molecule is CCc1ccc(NC(=O)c2ccc(OC)c(S(=O)(=O)N(C)Cc3ccccc3)c2)cc1. The maximum absolute atomic E-state index is 13.2. The van der Waals surface area contributed by atoms with E-state index in [1.54, 1.807) is 6.07 Å². The fourth-order valence-electron chi connectivity index (χ4n) is 3.14. The molecule has 3 aromatic rings. The van der Waals surface area contributed by atoms with Crippen molar-refractivity contribution in [1.82, 2.24) is 4.31 Å². The van der Waals surface area contributed by atoms with Crippen LogP contribution >= 0.6 is 0 Å². The number of nitrogens with one attached hydrogen (secondary N) is 1. The van der Waals surface area contributed by atoms with Crippen LogP contribution in [0.3, 0.4) is 0 Å². The molecule has 0 aliphatic rings. The highest BCUT2D eigenvalue weighted by atomic mass is 32.2. The molecule has 3 rings (SSSR count). The predicted octanol–water partition coefficient (Wildman–Crippen LogP) is 4.33. The lowest BCUT2D eigenvalue weighted by Gasteiger charge is -2.19. The van der Waals surface area contributed by atoms with Crippen LogP contribution in [0.4, 0.5) is 5.69 Å². The first-order valence-corrected chi connectivity index (χ1v) is 11.4. The van der Waals surface area contributed by atoms with E-state index in [1.165, 1.54) is 30.6 Å². The molecule has 0 bridgehead atoms. The van der Waals surface area contributed by atoms with E-state index >= 15 is 0 Å². The van der Waals surface area contributed by atoms with Crippen LogP contribution in [0, 0.1) is 0 Å². The highest BCUT2D eigenvalue weighted by Gasteiger charge is 2.26.